The fourth-order valence-corrected chi connectivity index (χ4v) is 2.72. The van der Waals surface area contributed by atoms with Crippen LogP contribution in [0.1, 0.15) is 36.2 Å². The molecule has 1 atom stereocenters. The van der Waals surface area contributed by atoms with E-state index in [2.05, 4.69) is 17.3 Å². The van der Waals surface area contributed by atoms with Crippen LogP contribution in [-0.2, 0) is 13.5 Å². The van der Waals surface area contributed by atoms with E-state index in [1.54, 1.807) is 6.07 Å². The summed E-state index contributed by atoms with van der Waals surface area (Å²) in [7, 11) is 1.91. The number of aromatic nitrogens is 2. The highest BCUT2D eigenvalue weighted by Crippen LogP contribution is 2.25. The van der Waals surface area contributed by atoms with Gasteiger partial charge in [-0.1, -0.05) is 24.6 Å². The van der Waals surface area contributed by atoms with Crippen molar-refractivity contribution in [2.24, 2.45) is 7.05 Å². The van der Waals surface area contributed by atoms with E-state index >= 15 is 0 Å². The van der Waals surface area contributed by atoms with Crippen molar-refractivity contribution >= 4 is 11.6 Å². The summed E-state index contributed by atoms with van der Waals surface area (Å²) >= 11 is 6.15. The van der Waals surface area contributed by atoms with Crippen molar-refractivity contribution in [2.45, 2.75) is 32.7 Å². The second kappa shape index (κ2) is 7.05. The first-order valence-electron chi connectivity index (χ1n) is 7.18. The molecule has 114 valence electrons. The molecule has 0 amide bonds. The van der Waals surface area contributed by atoms with E-state index in [0.29, 0.717) is 11.4 Å². The molecular weight excluding hydrogens is 289 g/mol. The van der Waals surface area contributed by atoms with Crippen molar-refractivity contribution in [1.29, 1.82) is 0 Å². The van der Waals surface area contributed by atoms with Crippen molar-refractivity contribution in [2.75, 3.05) is 6.54 Å². The van der Waals surface area contributed by atoms with Crippen molar-refractivity contribution < 1.29 is 4.39 Å². The summed E-state index contributed by atoms with van der Waals surface area (Å²) in [6.45, 7) is 5.05. The predicted molar refractivity (Wildman–Crippen MR) is 84.1 cm³/mol. The average molecular weight is 310 g/mol. The SMILES string of the molecule is CCCNC(Cc1ccc(F)cc1Cl)c1cn(C)nc1C. The molecule has 1 aromatic heterocycles. The van der Waals surface area contributed by atoms with E-state index in [1.165, 1.54) is 12.1 Å². The lowest BCUT2D eigenvalue weighted by Gasteiger charge is -2.19. The summed E-state index contributed by atoms with van der Waals surface area (Å²) in [5.74, 6) is -0.306. The Morgan fingerprint density at radius 3 is 2.76 bits per heavy atom. The molecule has 0 fully saturated rings. The van der Waals surface area contributed by atoms with Gasteiger partial charge in [-0.25, -0.2) is 4.39 Å². The van der Waals surface area contributed by atoms with Gasteiger partial charge in [0.15, 0.2) is 0 Å². The van der Waals surface area contributed by atoms with Crippen LogP contribution in [0.5, 0.6) is 0 Å². The number of hydrogen-bond acceptors (Lipinski definition) is 2. The average Bonchev–Trinajstić information content (AvgIpc) is 2.76. The molecule has 3 nitrogen and oxygen atoms in total. The zero-order chi connectivity index (χ0) is 15.4. The van der Waals surface area contributed by atoms with Gasteiger partial charge in [0.1, 0.15) is 5.82 Å². The summed E-state index contributed by atoms with van der Waals surface area (Å²) in [6.07, 6.45) is 3.79. The van der Waals surface area contributed by atoms with Gasteiger partial charge in [-0.2, -0.15) is 5.10 Å². The highest BCUT2D eigenvalue weighted by atomic mass is 35.5. The molecule has 21 heavy (non-hydrogen) atoms. The Labute approximate surface area is 130 Å². The maximum absolute atomic E-state index is 13.2. The summed E-state index contributed by atoms with van der Waals surface area (Å²) < 4.78 is 15.0. The Balaban J connectivity index is 2.26. The molecule has 2 rings (SSSR count). The van der Waals surface area contributed by atoms with Crippen LogP contribution in [-0.4, -0.2) is 16.3 Å². The molecule has 5 heteroatoms. The summed E-state index contributed by atoms with van der Waals surface area (Å²) in [4.78, 5) is 0. The fourth-order valence-electron chi connectivity index (χ4n) is 2.48. The predicted octanol–water partition coefficient (Wildman–Crippen LogP) is 3.80. The van der Waals surface area contributed by atoms with Gasteiger partial charge in [0.05, 0.1) is 5.69 Å². The number of nitrogens with zero attached hydrogens (tertiary/aromatic N) is 2. The van der Waals surface area contributed by atoms with Crippen molar-refractivity contribution in [3.63, 3.8) is 0 Å². The second-order valence-corrected chi connectivity index (χ2v) is 5.70. The van der Waals surface area contributed by atoms with Crippen LogP contribution in [0.15, 0.2) is 24.4 Å². The van der Waals surface area contributed by atoms with Gasteiger partial charge < -0.3 is 5.32 Å². The van der Waals surface area contributed by atoms with Crippen LogP contribution >= 0.6 is 11.6 Å². The molecule has 0 radical (unpaired) electrons. The Hall–Kier alpha value is -1.39. The van der Waals surface area contributed by atoms with Gasteiger partial charge in [0.25, 0.3) is 0 Å². The Morgan fingerprint density at radius 2 is 2.19 bits per heavy atom. The van der Waals surface area contributed by atoms with Crippen LogP contribution in [0.2, 0.25) is 5.02 Å². The monoisotopic (exact) mass is 309 g/mol. The second-order valence-electron chi connectivity index (χ2n) is 5.29. The molecule has 0 bridgehead atoms. The normalized spacial score (nSPS) is 12.6. The summed E-state index contributed by atoms with van der Waals surface area (Å²) in [5, 5.41) is 8.40. The lowest BCUT2D eigenvalue weighted by atomic mass is 9.99. The number of halogens is 2. The minimum atomic E-state index is -0.306. The number of aryl methyl sites for hydroxylation is 2. The number of benzene rings is 1. The van der Waals surface area contributed by atoms with E-state index < -0.39 is 0 Å². The van der Waals surface area contributed by atoms with Gasteiger partial charge in [-0.05, 0) is 44.0 Å². The first-order valence-corrected chi connectivity index (χ1v) is 7.56. The third-order valence-corrected chi connectivity index (χ3v) is 3.86. The molecule has 0 aliphatic heterocycles. The van der Waals surface area contributed by atoms with Crippen LogP contribution in [0.4, 0.5) is 4.39 Å². The maximum atomic E-state index is 13.2. The van der Waals surface area contributed by atoms with Gasteiger partial charge in [0.2, 0.25) is 0 Å². The maximum Gasteiger partial charge on any atom is 0.124 e. The minimum Gasteiger partial charge on any atom is -0.310 e. The van der Waals surface area contributed by atoms with E-state index in [0.717, 1.165) is 29.8 Å². The van der Waals surface area contributed by atoms with Crippen LogP contribution in [0.3, 0.4) is 0 Å². The molecule has 0 saturated carbocycles. The molecule has 1 N–H and O–H groups in total. The summed E-state index contributed by atoms with van der Waals surface area (Å²) in [5.41, 5.74) is 3.10. The van der Waals surface area contributed by atoms with E-state index in [1.807, 2.05) is 24.9 Å². The van der Waals surface area contributed by atoms with Crippen molar-refractivity contribution in [3.05, 3.63) is 52.1 Å². The smallest absolute Gasteiger partial charge is 0.124 e. The Kier molecular flexibility index (Phi) is 5.37. The van der Waals surface area contributed by atoms with Crippen LogP contribution in [0, 0.1) is 12.7 Å². The van der Waals surface area contributed by atoms with Gasteiger partial charge in [0, 0.05) is 29.9 Å². The zero-order valence-electron chi connectivity index (χ0n) is 12.7. The van der Waals surface area contributed by atoms with Crippen LogP contribution < -0.4 is 5.32 Å². The number of rotatable bonds is 6. The number of nitrogens with one attached hydrogen (secondary N) is 1. The van der Waals surface area contributed by atoms with Crippen molar-refractivity contribution in [1.82, 2.24) is 15.1 Å². The Bertz CT molecular complexity index is 610. The quantitative estimate of drug-likeness (QED) is 0.879. The topological polar surface area (TPSA) is 29.9 Å². The molecule has 0 spiro atoms. The third kappa shape index (κ3) is 4.05. The zero-order valence-corrected chi connectivity index (χ0v) is 13.4. The van der Waals surface area contributed by atoms with E-state index in [-0.39, 0.29) is 11.9 Å². The molecule has 1 aromatic carbocycles. The largest absolute Gasteiger partial charge is 0.310 e. The fraction of sp³-hybridized carbons (Fsp3) is 0.438. The first-order chi connectivity index (χ1) is 10.0. The van der Waals surface area contributed by atoms with Gasteiger partial charge in [-0.3, -0.25) is 4.68 Å². The molecule has 0 saturated heterocycles. The lowest BCUT2D eigenvalue weighted by molar-refractivity contribution is 0.526. The van der Waals surface area contributed by atoms with E-state index in [4.69, 9.17) is 11.6 Å². The molecule has 0 aliphatic carbocycles. The molecule has 1 heterocycles. The molecule has 1 unspecified atom stereocenters. The lowest BCUT2D eigenvalue weighted by Crippen LogP contribution is -2.24. The Morgan fingerprint density at radius 1 is 1.43 bits per heavy atom. The number of hydrogen-bond donors (Lipinski definition) is 1. The van der Waals surface area contributed by atoms with Crippen LogP contribution in [0.25, 0.3) is 0 Å². The third-order valence-electron chi connectivity index (χ3n) is 3.51. The first kappa shape index (κ1) is 16.0. The van der Waals surface area contributed by atoms with Gasteiger partial charge in [-0.15, -0.1) is 0 Å². The summed E-state index contributed by atoms with van der Waals surface area (Å²) in [6, 6.07) is 4.70. The molecule has 2 aromatic rings. The molecular formula is C16H21ClFN3. The van der Waals surface area contributed by atoms with E-state index in [9.17, 15) is 4.39 Å². The molecule has 0 aliphatic rings. The highest BCUT2D eigenvalue weighted by Gasteiger charge is 2.18. The van der Waals surface area contributed by atoms with Gasteiger partial charge >= 0.3 is 0 Å². The standard InChI is InChI=1S/C16H21ClFN3/c1-4-7-19-16(14-10-21(3)20-11(14)2)8-12-5-6-13(18)9-15(12)17/h5-6,9-10,16,19H,4,7-8H2,1-3H3. The minimum absolute atomic E-state index is 0.126. The van der Waals surface area contributed by atoms with Crippen molar-refractivity contribution in [3.8, 4) is 0 Å². The highest BCUT2D eigenvalue weighted by molar-refractivity contribution is 6.31.